The number of carbonyl (C=O) groups is 1. The van der Waals surface area contributed by atoms with Crippen molar-refractivity contribution in [2.24, 2.45) is 5.10 Å². The van der Waals surface area contributed by atoms with Crippen molar-refractivity contribution in [3.63, 3.8) is 0 Å². The molecule has 2 aromatic rings. The van der Waals surface area contributed by atoms with E-state index in [9.17, 15) is 20.0 Å². The highest BCUT2D eigenvalue weighted by Crippen LogP contribution is 2.19. The lowest BCUT2D eigenvalue weighted by atomic mass is 10.1. The smallest absolute Gasteiger partial charge is 0.273 e. The van der Waals surface area contributed by atoms with E-state index in [1.54, 1.807) is 19.1 Å². The van der Waals surface area contributed by atoms with Crippen LogP contribution in [0.3, 0.4) is 0 Å². The molecular weight excluding hydrogens is 286 g/mol. The molecule has 7 heteroatoms. The van der Waals surface area contributed by atoms with Crippen LogP contribution in [0.5, 0.6) is 5.75 Å². The van der Waals surface area contributed by atoms with Crippen molar-refractivity contribution in [3.05, 3.63) is 69.3 Å². The minimum absolute atomic E-state index is 0.0874. The molecule has 0 atom stereocenters. The second-order valence-corrected chi connectivity index (χ2v) is 4.55. The van der Waals surface area contributed by atoms with Gasteiger partial charge in [0.05, 0.1) is 11.1 Å². The number of phenols is 1. The third kappa shape index (κ3) is 3.66. The number of nitrogens with zero attached hydrogens (tertiary/aromatic N) is 2. The van der Waals surface area contributed by atoms with Crippen molar-refractivity contribution < 1.29 is 14.8 Å². The fraction of sp³-hybridized carbons (Fsp3) is 0.0667. The molecule has 0 heterocycles. The van der Waals surface area contributed by atoms with Crippen molar-refractivity contribution in [2.75, 3.05) is 0 Å². The second-order valence-electron chi connectivity index (χ2n) is 4.55. The molecule has 0 aromatic heterocycles. The maximum atomic E-state index is 11.9. The van der Waals surface area contributed by atoms with Crippen LogP contribution in [-0.2, 0) is 0 Å². The summed E-state index contributed by atoms with van der Waals surface area (Å²) in [6.45, 7) is 1.60. The van der Waals surface area contributed by atoms with E-state index in [1.165, 1.54) is 36.5 Å². The number of hydrogen-bond donors (Lipinski definition) is 2. The Morgan fingerprint density at radius 1 is 1.32 bits per heavy atom. The Balaban J connectivity index is 2.09. The second kappa shape index (κ2) is 6.49. The standard InChI is InChI=1S/C15H13N3O4/c1-10-5-6-12(8-14(10)18(21)22)15(20)17-16-9-11-3-2-4-13(19)7-11/h2-9,19H,1H3,(H,17,20). The number of rotatable bonds is 4. The van der Waals surface area contributed by atoms with E-state index in [2.05, 4.69) is 10.5 Å². The number of hydrogen-bond acceptors (Lipinski definition) is 5. The van der Waals surface area contributed by atoms with Crippen LogP contribution in [0.25, 0.3) is 0 Å². The van der Waals surface area contributed by atoms with Crippen molar-refractivity contribution in [1.82, 2.24) is 5.43 Å². The van der Waals surface area contributed by atoms with Gasteiger partial charge in [0.1, 0.15) is 5.75 Å². The Morgan fingerprint density at radius 2 is 2.09 bits per heavy atom. The zero-order valence-corrected chi connectivity index (χ0v) is 11.7. The first-order chi connectivity index (χ1) is 10.5. The van der Waals surface area contributed by atoms with Gasteiger partial charge in [-0.15, -0.1) is 0 Å². The monoisotopic (exact) mass is 299 g/mol. The lowest BCUT2D eigenvalue weighted by Crippen LogP contribution is -2.17. The number of aryl methyl sites for hydroxylation is 1. The van der Waals surface area contributed by atoms with Gasteiger partial charge in [-0.1, -0.05) is 18.2 Å². The van der Waals surface area contributed by atoms with Crippen LogP contribution >= 0.6 is 0 Å². The van der Waals surface area contributed by atoms with Crippen LogP contribution in [0.4, 0.5) is 5.69 Å². The number of carbonyl (C=O) groups excluding carboxylic acids is 1. The molecule has 0 bridgehead atoms. The summed E-state index contributed by atoms with van der Waals surface area (Å²) in [6.07, 6.45) is 1.36. The van der Waals surface area contributed by atoms with E-state index in [0.29, 0.717) is 11.1 Å². The molecule has 7 nitrogen and oxygen atoms in total. The summed E-state index contributed by atoms with van der Waals surface area (Å²) in [4.78, 5) is 22.2. The minimum atomic E-state index is -0.556. The molecule has 0 radical (unpaired) electrons. The highest BCUT2D eigenvalue weighted by Gasteiger charge is 2.14. The summed E-state index contributed by atoms with van der Waals surface area (Å²) >= 11 is 0. The SMILES string of the molecule is Cc1ccc(C(=O)NN=Cc2cccc(O)c2)cc1[N+](=O)[O-]. The molecule has 0 fully saturated rings. The van der Waals surface area contributed by atoms with Crippen molar-refractivity contribution >= 4 is 17.8 Å². The highest BCUT2D eigenvalue weighted by atomic mass is 16.6. The third-order valence-corrected chi connectivity index (χ3v) is 2.92. The number of phenolic OH excluding ortho intramolecular Hbond substituents is 1. The normalized spacial score (nSPS) is 10.6. The van der Waals surface area contributed by atoms with E-state index in [1.807, 2.05) is 0 Å². The van der Waals surface area contributed by atoms with Gasteiger partial charge in [0.25, 0.3) is 11.6 Å². The quantitative estimate of drug-likeness (QED) is 0.513. The molecular formula is C15H13N3O4. The Morgan fingerprint density at radius 3 is 2.77 bits per heavy atom. The summed E-state index contributed by atoms with van der Waals surface area (Å²) in [7, 11) is 0. The maximum Gasteiger partial charge on any atom is 0.273 e. The maximum absolute atomic E-state index is 11.9. The Kier molecular flexibility index (Phi) is 4.47. The van der Waals surface area contributed by atoms with Gasteiger partial charge in [-0.3, -0.25) is 14.9 Å². The largest absolute Gasteiger partial charge is 0.508 e. The van der Waals surface area contributed by atoms with Gasteiger partial charge >= 0.3 is 0 Å². The summed E-state index contributed by atoms with van der Waals surface area (Å²) in [5, 5.41) is 23.9. The van der Waals surface area contributed by atoms with Crippen molar-refractivity contribution in [1.29, 1.82) is 0 Å². The predicted molar refractivity (Wildman–Crippen MR) is 81.0 cm³/mol. The number of nitrogens with one attached hydrogen (secondary N) is 1. The molecule has 22 heavy (non-hydrogen) atoms. The summed E-state index contributed by atoms with van der Waals surface area (Å²) in [5.74, 6) is -0.469. The molecule has 2 aromatic carbocycles. The molecule has 0 aliphatic heterocycles. The molecule has 0 aliphatic carbocycles. The fourth-order valence-electron chi connectivity index (χ4n) is 1.78. The lowest BCUT2D eigenvalue weighted by Gasteiger charge is -2.02. The van der Waals surface area contributed by atoms with Crippen LogP contribution in [0, 0.1) is 17.0 Å². The van der Waals surface area contributed by atoms with E-state index in [-0.39, 0.29) is 17.0 Å². The lowest BCUT2D eigenvalue weighted by molar-refractivity contribution is -0.385. The summed E-state index contributed by atoms with van der Waals surface area (Å²) in [6, 6.07) is 10.5. The van der Waals surface area contributed by atoms with Gasteiger partial charge in [0.2, 0.25) is 0 Å². The van der Waals surface area contributed by atoms with Crippen LogP contribution in [0.1, 0.15) is 21.5 Å². The van der Waals surface area contributed by atoms with Gasteiger partial charge in [0, 0.05) is 17.2 Å². The van der Waals surface area contributed by atoms with Gasteiger partial charge < -0.3 is 5.11 Å². The zero-order valence-electron chi connectivity index (χ0n) is 11.7. The van der Waals surface area contributed by atoms with Gasteiger partial charge in [-0.2, -0.15) is 5.10 Å². The summed E-state index contributed by atoms with van der Waals surface area (Å²) < 4.78 is 0. The van der Waals surface area contributed by atoms with Crippen LogP contribution < -0.4 is 5.43 Å². The number of amides is 1. The molecule has 0 saturated carbocycles. The van der Waals surface area contributed by atoms with Crippen LogP contribution in [0.2, 0.25) is 0 Å². The first-order valence-corrected chi connectivity index (χ1v) is 6.35. The van der Waals surface area contributed by atoms with Crippen molar-refractivity contribution in [2.45, 2.75) is 6.92 Å². The number of nitro groups is 1. The van der Waals surface area contributed by atoms with Crippen molar-refractivity contribution in [3.8, 4) is 5.75 Å². The van der Waals surface area contributed by atoms with Crippen LogP contribution in [0.15, 0.2) is 47.6 Å². The van der Waals surface area contributed by atoms with Gasteiger partial charge in [0.15, 0.2) is 0 Å². The Bertz CT molecular complexity index is 756. The van der Waals surface area contributed by atoms with E-state index in [4.69, 9.17) is 0 Å². The number of nitro benzene ring substituents is 1. The average molecular weight is 299 g/mol. The Labute approximate surface area is 126 Å². The molecule has 0 aliphatic rings. The number of aromatic hydroxyl groups is 1. The van der Waals surface area contributed by atoms with Crippen LogP contribution in [-0.4, -0.2) is 22.2 Å². The average Bonchev–Trinajstić information content (AvgIpc) is 2.47. The first kappa shape index (κ1) is 15.2. The molecule has 112 valence electrons. The van der Waals surface area contributed by atoms with Gasteiger partial charge in [-0.25, -0.2) is 5.43 Å². The molecule has 2 rings (SSSR count). The third-order valence-electron chi connectivity index (χ3n) is 2.92. The highest BCUT2D eigenvalue weighted by molar-refractivity contribution is 5.95. The molecule has 0 saturated heterocycles. The molecule has 1 amide bonds. The van der Waals surface area contributed by atoms with Gasteiger partial charge in [-0.05, 0) is 30.7 Å². The Hall–Kier alpha value is -3.22. The fourth-order valence-corrected chi connectivity index (χ4v) is 1.78. The zero-order chi connectivity index (χ0) is 16.1. The van der Waals surface area contributed by atoms with E-state index < -0.39 is 10.8 Å². The van der Waals surface area contributed by atoms with E-state index >= 15 is 0 Å². The summed E-state index contributed by atoms with van der Waals surface area (Å²) in [5.41, 5.74) is 3.39. The minimum Gasteiger partial charge on any atom is -0.508 e. The first-order valence-electron chi connectivity index (χ1n) is 6.35. The number of benzene rings is 2. The number of hydrazone groups is 1. The molecule has 2 N–H and O–H groups in total. The topological polar surface area (TPSA) is 105 Å². The molecule has 0 unspecified atom stereocenters. The predicted octanol–water partition coefficient (Wildman–Crippen LogP) is 2.37. The van der Waals surface area contributed by atoms with E-state index in [0.717, 1.165) is 0 Å². The molecule has 0 spiro atoms.